The number of hydrogen-bond donors (Lipinski definition) is 1. The van der Waals surface area contributed by atoms with E-state index in [0.717, 1.165) is 28.0 Å². The van der Waals surface area contributed by atoms with Crippen LogP contribution in [0.1, 0.15) is 32.0 Å². The van der Waals surface area contributed by atoms with Crippen molar-refractivity contribution in [2.45, 2.75) is 38.0 Å². The molecule has 0 aliphatic rings. The van der Waals surface area contributed by atoms with Gasteiger partial charge in [-0.3, -0.25) is 9.29 Å². The molecular formula is C24H25N3O2S. The fourth-order valence-electron chi connectivity index (χ4n) is 3.42. The maximum atomic E-state index is 12.9. The van der Waals surface area contributed by atoms with E-state index in [9.17, 15) is 8.42 Å². The molecule has 2 heterocycles. The summed E-state index contributed by atoms with van der Waals surface area (Å²) in [6.07, 6.45) is 1.81. The highest BCUT2D eigenvalue weighted by Gasteiger charge is 2.22. The fourth-order valence-corrected chi connectivity index (χ4v) is 4.51. The molecule has 2 aromatic heterocycles. The molecule has 2 aromatic carbocycles. The van der Waals surface area contributed by atoms with E-state index in [1.807, 2.05) is 54.1 Å². The van der Waals surface area contributed by atoms with Crippen LogP contribution in [0.4, 0.5) is 5.69 Å². The summed E-state index contributed by atoms with van der Waals surface area (Å²) in [5.41, 5.74) is 4.09. The zero-order chi connectivity index (χ0) is 21.5. The zero-order valence-electron chi connectivity index (χ0n) is 17.5. The number of rotatable bonds is 4. The van der Waals surface area contributed by atoms with Gasteiger partial charge in [-0.1, -0.05) is 57.2 Å². The van der Waals surface area contributed by atoms with Gasteiger partial charge in [-0.15, -0.1) is 0 Å². The van der Waals surface area contributed by atoms with E-state index >= 15 is 0 Å². The largest absolute Gasteiger partial charge is 0.299 e. The van der Waals surface area contributed by atoms with Gasteiger partial charge in [0.25, 0.3) is 10.0 Å². The van der Waals surface area contributed by atoms with Gasteiger partial charge in [-0.2, -0.15) is 0 Å². The van der Waals surface area contributed by atoms with Crippen molar-refractivity contribution >= 4 is 26.7 Å². The van der Waals surface area contributed by atoms with Crippen LogP contribution in [0.3, 0.4) is 0 Å². The lowest BCUT2D eigenvalue weighted by molar-refractivity contribution is 0.570. The Balaban J connectivity index is 1.92. The highest BCUT2D eigenvalue weighted by atomic mass is 32.2. The molecule has 0 fully saturated rings. The molecule has 0 spiro atoms. The summed E-state index contributed by atoms with van der Waals surface area (Å²) in [4.78, 5) is 5.14. The molecule has 0 bridgehead atoms. The standard InChI is InChI=1S/C24H25N3O2S/c1-17-10-8-9-13-21(17)27-16-20(26-30(28,29)18-11-6-5-7-12-18)19-14-15-22(24(2,3)4)25-23(19)27/h5-16,26H,1-4H3. The molecule has 0 aliphatic heterocycles. The Morgan fingerprint density at radius 3 is 2.23 bits per heavy atom. The van der Waals surface area contributed by atoms with E-state index in [-0.39, 0.29) is 10.3 Å². The van der Waals surface area contributed by atoms with Gasteiger partial charge in [0.2, 0.25) is 0 Å². The van der Waals surface area contributed by atoms with Gasteiger partial charge in [-0.25, -0.2) is 13.4 Å². The number of hydrogen-bond acceptors (Lipinski definition) is 3. The van der Waals surface area contributed by atoms with E-state index < -0.39 is 10.0 Å². The smallest absolute Gasteiger partial charge is 0.261 e. The molecule has 4 aromatic rings. The minimum atomic E-state index is -3.71. The van der Waals surface area contributed by atoms with Crippen LogP contribution in [0.5, 0.6) is 0 Å². The first kappa shape index (κ1) is 20.2. The highest BCUT2D eigenvalue weighted by Crippen LogP contribution is 2.32. The number of aryl methyl sites for hydroxylation is 1. The van der Waals surface area contributed by atoms with E-state index in [0.29, 0.717) is 5.69 Å². The Kier molecular flexibility index (Phi) is 4.90. The molecule has 154 valence electrons. The first-order chi connectivity index (χ1) is 14.2. The number of sulfonamides is 1. The predicted octanol–water partition coefficient (Wildman–Crippen LogP) is 5.43. The average Bonchev–Trinajstić information content (AvgIpc) is 3.05. The Morgan fingerprint density at radius 1 is 0.900 bits per heavy atom. The molecule has 5 nitrogen and oxygen atoms in total. The summed E-state index contributed by atoms with van der Waals surface area (Å²) in [6, 6.07) is 20.3. The molecule has 0 unspecified atom stereocenters. The maximum Gasteiger partial charge on any atom is 0.261 e. The molecule has 6 heteroatoms. The molecule has 0 saturated heterocycles. The zero-order valence-corrected chi connectivity index (χ0v) is 18.4. The highest BCUT2D eigenvalue weighted by molar-refractivity contribution is 7.92. The van der Waals surface area contributed by atoms with Crippen molar-refractivity contribution in [2.24, 2.45) is 0 Å². The van der Waals surface area contributed by atoms with E-state index in [4.69, 9.17) is 4.98 Å². The van der Waals surface area contributed by atoms with Gasteiger partial charge in [0, 0.05) is 28.4 Å². The van der Waals surface area contributed by atoms with Gasteiger partial charge < -0.3 is 0 Å². The third kappa shape index (κ3) is 3.71. The monoisotopic (exact) mass is 419 g/mol. The summed E-state index contributed by atoms with van der Waals surface area (Å²) >= 11 is 0. The summed E-state index contributed by atoms with van der Waals surface area (Å²) in [5.74, 6) is 0. The van der Waals surface area contributed by atoms with Gasteiger partial charge in [-0.05, 0) is 42.8 Å². The van der Waals surface area contributed by atoms with Crippen LogP contribution in [0, 0.1) is 6.92 Å². The number of pyridine rings is 1. The first-order valence-corrected chi connectivity index (χ1v) is 11.3. The predicted molar refractivity (Wildman–Crippen MR) is 122 cm³/mol. The topological polar surface area (TPSA) is 64.0 Å². The summed E-state index contributed by atoms with van der Waals surface area (Å²) in [7, 11) is -3.71. The molecule has 0 radical (unpaired) electrons. The second-order valence-electron chi connectivity index (χ2n) is 8.44. The molecule has 30 heavy (non-hydrogen) atoms. The lowest BCUT2D eigenvalue weighted by atomic mass is 9.91. The molecule has 1 N–H and O–H groups in total. The van der Waals surface area contributed by atoms with E-state index in [1.54, 1.807) is 30.3 Å². The first-order valence-electron chi connectivity index (χ1n) is 9.83. The number of para-hydroxylation sites is 1. The second-order valence-corrected chi connectivity index (χ2v) is 10.1. The van der Waals surface area contributed by atoms with Crippen molar-refractivity contribution in [3.63, 3.8) is 0 Å². The van der Waals surface area contributed by atoms with Crippen LogP contribution in [0.25, 0.3) is 16.7 Å². The minimum absolute atomic E-state index is 0.126. The SMILES string of the molecule is Cc1ccccc1-n1cc(NS(=O)(=O)c2ccccc2)c2ccc(C(C)(C)C)nc21. The Labute approximate surface area is 177 Å². The van der Waals surface area contributed by atoms with Gasteiger partial charge >= 0.3 is 0 Å². The summed E-state index contributed by atoms with van der Waals surface area (Å²) < 4.78 is 30.6. The van der Waals surface area contributed by atoms with Crippen molar-refractivity contribution in [3.05, 3.63) is 84.2 Å². The van der Waals surface area contributed by atoms with Crippen molar-refractivity contribution in [2.75, 3.05) is 4.72 Å². The lowest BCUT2D eigenvalue weighted by Crippen LogP contribution is -2.14. The number of benzene rings is 2. The Hall–Kier alpha value is -3.12. The van der Waals surface area contributed by atoms with Crippen molar-refractivity contribution in [3.8, 4) is 5.69 Å². The molecular weight excluding hydrogens is 394 g/mol. The number of fused-ring (bicyclic) bond motifs is 1. The van der Waals surface area contributed by atoms with Gasteiger partial charge in [0.05, 0.1) is 10.6 Å². The maximum absolute atomic E-state index is 12.9. The number of aromatic nitrogens is 2. The van der Waals surface area contributed by atoms with Gasteiger partial charge in [0.15, 0.2) is 0 Å². The molecule has 0 saturated carbocycles. The van der Waals surface area contributed by atoms with Crippen LogP contribution >= 0.6 is 0 Å². The third-order valence-electron chi connectivity index (χ3n) is 5.09. The Bertz CT molecular complexity index is 1320. The summed E-state index contributed by atoms with van der Waals surface area (Å²) in [5, 5.41) is 0.755. The summed E-state index contributed by atoms with van der Waals surface area (Å²) in [6.45, 7) is 8.37. The van der Waals surface area contributed by atoms with E-state index in [1.165, 1.54) is 0 Å². The van der Waals surface area contributed by atoms with Crippen LogP contribution in [-0.2, 0) is 15.4 Å². The van der Waals surface area contributed by atoms with Crippen LogP contribution in [0.2, 0.25) is 0 Å². The van der Waals surface area contributed by atoms with Crippen LogP contribution in [0.15, 0.2) is 77.8 Å². The van der Waals surface area contributed by atoms with Crippen molar-refractivity contribution in [1.82, 2.24) is 9.55 Å². The number of nitrogens with one attached hydrogen (secondary N) is 1. The molecule has 0 atom stereocenters. The molecule has 4 rings (SSSR count). The third-order valence-corrected chi connectivity index (χ3v) is 6.47. The van der Waals surface area contributed by atoms with Crippen molar-refractivity contribution in [1.29, 1.82) is 0 Å². The minimum Gasteiger partial charge on any atom is -0.299 e. The Morgan fingerprint density at radius 2 is 1.57 bits per heavy atom. The number of nitrogens with zero attached hydrogens (tertiary/aromatic N) is 2. The fraction of sp³-hybridized carbons (Fsp3) is 0.208. The average molecular weight is 420 g/mol. The normalized spacial score (nSPS) is 12.3. The van der Waals surface area contributed by atoms with E-state index in [2.05, 4.69) is 25.5 Å². The molecule has 0 aliphatic carbocycles. The van der Waals surface area contributed by atoms with Crippen LogP contribution < -0.4 is 4.72 Å². The lowest BCUT2D eigenvalue weighted by Gasteiger charge is -2.18. The van der Waals surface area contributed by atoms with Gasteiger partial charge in [0.1, 0.15) is 5.65 Å². The molecule has 0 amide bonds. The van der Waals surface area contributed by atoms with Crippen LogP contribution in [-0.4, -0.2) is 18.0 Å². The number of anilines is 1. The second kappa shape index (κ2) is 7.29. The quantitative estimate of drug-likeness (QED) is 0.479. The van der Waals surface area contributed by atoms with Crippen molar-refractivity contribution < 1.29 is 8.42 Å².